The molecule has 2 aromatic carbocycles. The van der Waals surface area contributed by atoms with Crippen LogP contribution in [0.1, 0.15) is 25.3 Å². The van der Waals surface area contributed by atoms with Gasteiger partial charge in [-0.1, -0.05) is 36.7 Å². The Kier molecular flexibility index (Phi) is 6.87. The second kappa shape index (κ2) is 9.19. The highest BCUT2D eigenvalue weighted by molar-refractivity contribution is 8.00. The molecule has 0 aliphatic carbocycles. The third-order valence-electron chi connectivity index (χ3n) is 4.42. The molecule has 0 fully saturated rings. The fourth-order valence-electron chi connectivity index (χ4n) is 2.89. The van der Waals surface area contributed by atoms with Gasteiger partial charge >= 0.3 is 0 Å². The van der Waals surface area contributed by atoms with E-state index >= 15 is 0 Å². The van der Waals surface area contributed by atoms with Gasteiger partial charge in [0.15, 0.2) is 9.84 Å². The van der Waals surface area contributed by atoms with Crippen molar-refractivity contribution in [1.82, 2.24) is 5.32 Å². The molecule has 29 heavy (non-hydrogen) atoms. The Labute approximate surface area is 179 Å². The van der Waals surface area contributed by atoms with Gasteiger partial charge in [0.05, 0.1) is 16.3 Å². The van der Waals surface area contributed by atoms with Gasteiger partial charge in [0.2, 0.25) is 11.8 Å². The maximum Gasteiger partial charge on any atom is 0.225 e. The van der Waals surface area contributed by atoms with Gasteiger partial charge in [-0.05, 0) is 29.8 Å². The summed E-state index contributed by atoms with van der Waals surface area (Å²) in [6.07, 6.45) is 0.203. The number of halogens is 1. The summed E-state index contributed by atoms with van der Waals surface area (Å²) in [5.74, 6) is -0.837. The van der Waals surface area contributed by atoms with E-state index < -0.39 is 9.84 Å². The Hall–Kier alpha value is -2.03. The predicted octanol–water partition coefficient (Wildman–Crippen LogP) is 3.64. The van der Waals surface area contributed by atoms with E-state index in [-0.39, 0.29) is 40.7 Å². The molecule has 9 heteroatoms. The number of nitrogens with one attached hydrogen (secondary N) is 2. The summed E-state index contributed by atoms with van der Waals surface area (Å²) in [7, 11) is -3.67. The molecule has 0 bridgehead atoms. The number of thioether (sulfide) groups is 1. The molecule has 2 aromatic rings. The zero-order chi connectivity index (χ0) is 21.0. The molecule has 1 unspecified atom stereocenters. The van der Waals surface area contributed by atoms with Crippen molar-refractivity contribution in [2.45, 2.75) is 41.4 Å². The Morgan fingerprint density at radius 1 is 1.28 bits per heavy atom. The van der Waals surface area contributed by atoms with Gasteiger partial charge in [0.25, 0.3) is 0 Å². The van der Waals surface area contributed by atoms with Crippen LogP contribution in [-0.2, 0) is 26.0 Å². The number of carbonyl (C=O) groups excluding carboxylic acids is 2. The van der Waals surface area contributed by atoms with Crippen molar-refractivity contribution in [3.63, 3.8) is 0 Å². The third-order valence-corrected chi connectivity index (χ3v) is 7.68. The number of carbonyl (C=O) groups is 2. The molecular formula is C20H21ClN2O4S2. The average molecular weight is 453 g/mol. The second-order valence-electron chi connectivity index (χ2n) is 6.78. The summed E-state index contributed by atoms with van der Waals surface area (Å²) in [6.45, 7) is 2.18. The monoisotopic (exact) mass is 452 g/mol. The van der Waals surface area contributed by atoms with Crippen molar-refractivity contribution >= 4 is 50.7 Å². The number of sulfone groups is 1. The molecule has 0 aromatic heterocycles. The van der Waals surface area contributed by atoms with Gasteiger partial charge in [-0.15, -0.1) is 11.8 Å². The van der Waals surface area contributed by atoms with E-state index in [4.69, 9.17) is 11.6 Å². The first-order valence-corrected chi connectivity index (χ1v) is 12.0. The van der Waals surface area contributed by atoms with Gasteiger partial charge in [-0.25, -0.2) is 8.42 Å². The third kappa shape index (κ3) is 5.74. The summed E-state index contributed by atoms with van der Waals surface area (Å²) in [5.41, 5.74) is 1.26. The van der Waals surface area contributed by atoms with Crippen molar-refractivity contribution in [3.05, 3.63) is 53.1 Å². The number of benzene rings is 2. The maximum absolute atomic E-state index is 12.7. The normalized spacial score (nSPS) is 16.5. The molecule has 1 atom stereocenters. The summed E-state index contributed by atoms with van der Waals surface area (Å²) >= 11 is 7.57. The maximum atomic E-state index is 12.7. The number of anilines is 1. The average Bonchev–Trinajstić information content (AvgIpc) is 2.81. The number of fused-ring (bicyclic) bond motifs is 1. The van der Waals surface area contributed by atoms with Crippen LogP contribution >= 0.6 is 23.4 Å². The van der Waals surface area contributed by atoms with Crippen LogP contribution in [0, 0.1) is 0 Å². The molecule has 2 amide bonds. The largest absolute Gasteiger partial charge is 0.352 e. The van der Waals surface area contributed by atoms with Gasteiger partial charge in [0.1, 0.15) is 0 Å². The second-order valence-corrected chi connectivity index (χ2v) is 10.8. The molecule has 154 valence electrons. The number of rotatable bonds is 6. The van der Waals surface area contributed by atoms with E-state index in [9.17, 15) is 18.0 Å². The molecule has 1 heterocycles. The Bertz CT molecular complexity index is 1040. The minimum Gasteiger partial charge on any atom is -0.352 e. The minimum absolute atomic E-state index is 0.0885. The van der Waals surface area contributed by atoms with Crippen LogP contribution in [0.15, 0.2) is 52.3 Å². The van der Waals surface area contributed by atoms with Crippen LogP contribution in [0.4, 0.5) is 5.69 Å². The van der Waals surface area contributed by atoms with Crippen LogP contribution < -0.4 is 10.6 Å². The van der Waals surface area contributed by atoms with Crippen LogP contribution in [0.3, 0.4) is 0 Å². The first-order valence-electron chi connectivity index (χ1n) is 9.08. The van der Waals surface area contributed by atoms with Gasteiger partial charge in [0, 0.05) is 34.6 Å². The topological polar surface area (TPSA) is 92.3 Å². The van der Waals surface area contributed by atoms with Gasteiger partial charge in [-0.2, -0.15) is 0 Å². The van der Waals surface area contributed by atoms with Crippen LogP contribution in [-0.4, -0.2) is 31.2 Å². The van der Waals surface area contributed by atoms with Crippen molar-refractivity contribution < 1.29 is 18.0 Å². The molecular weight excluding hydrogens is 432 g/mol. The number of hydrogen-bond donors (Lipinski definition) is 2. The molecule has 1 aliphatic rings. The molecule has 6 nitrogen and oxygen atoms in total. The molecule has 3 rings (SSSR count). The van der Waals surface area contributed by atoms with E-state index in [1.807, 2.05) is 13.0 Å². The van der Waals surface area contributed by atoms with Crippen molar-refractivity contribution in [1.29, 1.82) is 0 Å². The van der Waals surface area contributed by atoms with E-state index in [0.717, 1.165) is 10.5 Å². The zero-order valence-electron chi connectivity index (χ0n) is 15.8. The smallest absolute Gasteiger partial charge is 0.225 e. The summed E-state index contributed by atoms with van der Waals surface area (Å²) < 4.78 is 25.3. The van der Waals surface area contributed by atoms with Crippen LogP contribution in [0.5, 0.6) is 0 Å². The van der Waals surface area contributed by atoms with Crippen molar-refractivity contribution in [2.24, 2.45) is 0 Å². The highest BCUT2D eigenvalue weighted by Crippen LogP contribution is 2.36. The van der Waals surface area contributed by atoms with Crippen molar-refractivity contribution in [3.8, 4) is 0 Å². The first kappa shape index (κ1) is 21.7. The van der Waals surface area contributed by atoms with Crippen molar-refractivity contribution in [2.75, 3.05) is 11.1 Å². The summed E-state index contributed by atoms with van der Waals surface area (Å²) in [6, 6.07) is 11.8. The van der Waals surface area contributed by atoms with E-state index in [2.05, 4.69) is 10.6 Å². The first-order chi connectivity index (χ1) is 13.7. The highest BCUT2D eigenvalue weighted by atomic mass is 35.5. The van der Waals surface area contributed by atoms with E-state index in [1.54, 1.807) is 24.3 Å². The fraction of sp³-hybridized carbons (Fsp3) is 0.300. The van der Waals surface area contributed by atoms with E-state index in [0.29, 0.717) is 17.1 Å². The van der Waals surface area contributed by atoms with E-state index in [1.165, 1.54) is 23.9 Å². The molecule has 0 saturated carbocycles. The molecule has 2 N–H and O–H groups in total. The highest BCUT2D eigenvalue weighted by Gasteiger charge is 2.22. The molecule has 0 saturated heterocycles. The molecule has 0 radical (unpaired) electrons. The lowest BCUT2D eigenvalue weighted by atomic mass is 10.2. The summed E-state index contributed by atoms with van der Waals surface area (Å²) in [4.78, 5) is 24.9. The lowest BCUT2D eigenvalue weighted by Crippen LogP contribution is -2.25. The lowest BCUT2D eigenvalue weighted by molar-refractivity contribution is -0.121. The quantitative estimate of drug-likeness (QED) is 0.698. The lowest BCUT2D eigenvalue weighted by Gasteiger charge is -2.11. The fourth-order valence-corrected chi connectivity index (χ4v) is 5.41. The number of amides is 2. The molecule has 1 aliphatic heterocycles. The van der Waals surface area contributed by atoms with Crippen LogP contribution in [0.2, 0.25) is 5.02 Å². The predicted molar refractivity (Wildman–Crippen MR) is 115 cm³/mol. The minimum atomic E-state index is -3.67. The standard InChI is InChI=1S/C20H21ClN2O4S2/c1-13-10-20(25)23-17-11-15(6-7-18(17)28-13)29(26,27)9-8-19(24)22-12-14-4-2-3-5-16(14)21/h2-7,11,13H,8-10,12H2,1H3,(H,22,24)(H,23,25). The Morgan fingerprint density at radius 3 is 2.79 bits per heavy atom. The van der Waals surface area contributed by atoms with Crippen LogP contribution in [0.25, 0.3) is 0 Å². The Morgan fingerprint density at radius 2 is 2.03 bits per heavy atom. The number of hydrogen-bond acceptors (Lipinski definition) is 5. The Balaban J connectivity index is 1.63. The SMILES string of the molecule is CC1CC(=O)Nc2cc(S(=O)(=O)CCC(=O)NCc3ccccc3Cl)ccc2S1. The van der Waals surface area contributed by atoms with Gasteiger partial charge < -0.3 is 10.6 Å². The molecule has 0 spiro atoms. The zero-order valence-corrected chi connectivity index (χ0v) is 18.2. The summed E-state index contributed by atoms with van der Waals surface area (Å²) in [5, 5.41) is 6.10. The van der Waals surface area contributed by atoms with Gasteiger partial charge in [-0.3, -0.25) is 9.59 Å².